The van der Waals surface area contributed by atoms with Gasteiger partial charge in [-0.05, 0) is 14.0 Å². The van der Waals surface area contributed by atoms with E-state index in [4.69, 9.17) is 0 Å². The molecule has 0 spiro atoms. The maximum Gasteiger partial charge on any atom is 0.404 e. The van der Waals surface area contributed by atoms with Crippen LogP contribution in [0.25, 0.3) is 0 Å². The maximum absolute atomic E-state index is 12.3. The van der Waals surface area contributed by atoms with Gasteiger partial charge in [0.15, 0.2) is 0 Å². The van der Waals surface area contributed by atoms with Crippen LogP contribution in [0.3, 0.4) is 0 Å². The summed E-state index contributed by atoms with van der Waals surface area (Å²) in [6.45, 7) is 1.77. The molecule has 1 N–H and O–H groups in total. The number of nitrogens with one attached hydrogen (secondary N) is 1. The molecule has 14 heavy (non-hydrogen) atoms. The van der Waals surface area contributed by atoms with Gasteiger partial charge < -0.3 is 5.32 Å². The highest BCUT2D eigenvalue weighted by Gasteiger charge is 2.38. The Morgan fingerprint density at radius 1 is 1.57 bits per heavy atom. The molecule has 1 unspecified atom stereocenters. The molecular weight excluding hydrogens is 213 g/mol. The molecule has 1 aromatic heterocycles. The predicted molar refractivity (Wildman–Crippen MR) is 49.5 cm³/mol. The fourth-order valence-corrected chi connectivity index (χ4v) is 1.72. The molecule has 0 radical (unpaired) electrons. The van der Waals surface area contributed by atoms with E-state index in [-0.39, 0.29) is 6.42 Å². The molecule has 0 aliphatic carbocycles. The minimum Gasteiger partial charge on any atom is -0.309 e. The third-order valence-electron chi connectivity index (χ3n) is 1.82. The van der Waals surface area contributed by atoms with Gasteiger partial charge in [0.05, 0.1) is 10.7 Å². The first-order valence-electron chi connectivity index (χ1n) is 4.08. The molecule has 1 atom stereocenters. The molecule has 1 rings (SSSR count). The maximum atomic E-state index is 12.3. The lowest BCUT2D eigenvalue weighted by atomic mass is 10.1. The number of hydrogen-bond acceptors (Lipinski definition) is 3. The monoisotopic (exact) mass is 224 g/mol. The summed E-state index contributed by atoms with van der Waals surface area (Å²) in [5.41, 5.74) is 0.490. The molecular formula is C8H11F3N2S. The van der Waals surface area contributed by atoms with Crippen molar-refractivity contribution in [3.8, 4) is 0 Å². The third kappa shape index (κ3) is 2.95. The molecule has 0 bridgehead atoms. The van der Waals surface area contributed by atoms with Crippen LogP contribution in [0.5, 0.6) is 0 Å². The van der Waals surface area contributed by atoms with Crippen molar-refractivity contribution in [2.75, 3.05) is 7.05 Å². The van der Waals surface area contributed by atoms with E-state index in [0.29, 0.717) is 5.69 Å². The van der Waals surface area contributed by atoms with Crippen molar-refractivity contribution in [1.82, 2.24) is 10.3 Å². The fourth-order valence-electron chi connectivity index (χ4n) is 1.09. The summed E-state index contributed by atoms with van der Waals surface area (Å²) in [7, 11) is 1.30. The van der Waals surface area contributed by atoms with Gasteiger partial charge in [-0.1, -0.05) is 0 Å². The van der Waals surface area contributed by atoms with Crippen molar-refractivity contribution in [2.45, 2.75) is 25.6 Å². The number of rotatable bonds is 3. The van der Waals surface area contributed by atoms with Gasteiger partial charge in [-0.15, -0.1) is 11.3 Å². The van der Waals surface area contributed by atoms with Crippen molar-refractivity contribution in [3.05, 3.63) is 16.1 Å². The molecule has 0 amide bonds. The van der Waals surface area contributed by atoms with Crippen LogP contribution in [0.15, 0.2) is 5.38 Å². The Bertz CT molecular complexity index is 295. The van der Waals surface area contributed by atoms with Crippen LogP contribution in [0.4, 0.5) is 13.2 Å². The van der Waals surface area contributed by atoms with Crippen LogP contribution >= 0.6 is 11.3 Å². The Hall–Kier alpha value is -0.620. The number of nitrogens with zero attached hydrogens (tertiary/aromatic N) is 1. The molecule has 0 saturated heterocycles. The van der Waals surface area contributed by atoms with Crippen molar-refractivity contribution in [1.29, 1.82) is 0 Å². The molecule has 0 aliphatic rings. The second kappa shape index (κ2) is 4.27. The second-order valence-corrected chi connectivity index (χ2v) is 4.01. The number of hydrogen-bond donors (Lipinski definition) is 1. The van der Waals surface area contributed by atoms with Gasteiger partial charge in [0.2, 0.25) is 0 Å². The molecule has 0 aliphatic heterocycles. The van der Waals surface area contributed by atoms with E-state index in [1.165, 1.54) is 18.4 Å². The van der Waals surface area contributed by atoms with Crippen LogP contribution in [-0.4, -0.2) is 24.2 Å². The predicted octanol–water partition coefficient (Wildman–Crippen LogP) is 2.14. The zero-order chi connectivity index (χ0) is 10.8. The van der Waals surface area contributed by atoms with Gasteiger partial charge in [0, 0.05) is 11.8 Å². The highest BCUT2D eigenvalue weighted by molar-refractivity contribution is 7.09. The number of likely N-dealkylation sites (N-methyl/N-ethyl adjacent to an activating group) is 1. The van der Waals surface area contributed by atoms with E-state index >= 15 is 0 Å². The summed E-state index contributed by atoms with van der Waals surface area (Å²) in [6, 6.07) is -1.51. The first kappa shape index (κ1) is 11.5. The van der Waals surface area contributed by atoms with Gasteiger partial charge in [0.25, 0.3) is 0 Å². The number of thiazole rings is 1. The van der Waals surface area contributed by atoms with Crippen molar-refractivity contribution in [3.63, 3.8) is 0 Å². The largest absolute Gasteiger partial charge is 0.404 e. The summed E-state index contributed by atoms with van der Waals surface area (Å²) in [6.07, 6.45) is -4.32. The van der Waals surface area contributed by atoms with E-state index in [1.807, 2.05) is 0 Å². The van der Waals surface area contributed by atoms with Crippen LogP contribution in [0.2, 0.25) is 0 Å². The van der Waals surface area contributed by atoms with Gasteiger partial charge >= 0.3 is 6.18 Å². The summed E-state index contributed by atoms with van der Waals surface area (Å²) in [4.78, 5) is 3.99. The minimum atomic E-state index is -4.22. The third-order valence-corrected chi connectivity index (χ3v) is 2.65. The first-order valence-corrected chi connectivity index (χ1v) is 4.96. The average molecular weight is 224 g/mol. The van der Waals surface area contributed by atoms with Crippen LogP contribution in [0.1, 0.15) is 10.7 Å². The van der Waals surface area contributed by atoms with E-state index < -0.39 is 12.2 Å². The summed E-state index contributed by atoms with van der Waals surface area (Å²) < 4.78 is 37.0. The molecule has 1 heterocycles. The van der Waals surface area contributed by atoms with Crippen molar-refractivity contribution in [2.24, 2.45) is 0 Å². The van der Waals surface area contributed by atoms with E-state index in [1.54, 1.807) is 12.3 Å². The molecule has 6 heteroatoms. The lowest BCUT2D eigenvalue weighted by molar-refractivity contribution is -0.154. The molecule has 2 nitrogen and oxygen atoms in total. The number of halogens is 3. The Labute approximate surface area is 84.2 Å². The van der Waals surface area contributed by atoms with E-state index in [2.05, 4.69) is 10.3 Å². The van der Waals surface area contributed by atoms with Crippen LogP contribution < -0.4 is 5.32 Å². The lowest BCUT2D eigenvalue weighted by Gasteiger charge is -2.18. The lowest BCUT2D eigenvalue weighted by Crippen LogP contribution is -2.41. The van der Waals surface area contributed by atoms with Crippen LogP contribution in [0, 0.1) is 6.92 Å². The molecule has 80 valence electrons. The van der Waals surface area contributed by atoms with Gasteiger partial charge in [-0.25, -0.2) is 4.98 Å². The summed E-state index contributed by atoms with van der Waals surface area (Å²) in [5.74, 6) is 0. The fraction of sp³-hybridized carbons (Fsp3) is 0.625. The van der Waals surface area contributed by atoms with Crippen molar-refractivity contribution >= 4 is 11.3 Å². The summed E-state index contributed by atoms with van der Waals surface area (Å²) in [5, 5.41) is 4.69. The minimum absolute atomic E-state index is 0.107. The van der Waals surface area contributed by atoms with E-state index in [0.717, 1.165) is 5.01 Å². The quantitative estimate of drug-likeness (QED) is 0.850. The standard InChI is InChI=1S/C8H11F3N2S/c1-5-13-6(4-14-5)3-7(12-2)8(9,10)11/h4,7,12H,3H2,1-2H3. The highest BCUT2D eigenvalue weighted by Crippen LogP contribution is 2.23. The normalized spacial score (nSPS) is 14.4. The molecule has 0 saturated carbocycles. The van der Waals surface area contributed by atoms with Gasteiger partial charge in [-0.3, -0.25) is 0 Å². The Morgan fingerprint density at radius 3 is 2.57 bits per heavy atom. The zero-order valence-electron chi connectivity index (χ0n) is 7.85. The van der Waals surface area contributed by atoms with E-state index in [9.17, 15) is 13.2 Å². The Morgan fingerprint density at radius 2 is 2.21 bits per heavy atom. The SMILES string of the molecule is CNC(Cc1csc(C)n1)C(F)(F)F. The first-order chi connectivity index (χ1) is 6.43. The topological polar surface area (TPSA) is 24.9 Å². The zero-order valence-corrected chi connectivity index (χ0v) is 8.67. The second-order valence-electron chi connectivity index (χ2n) is 2.94. The molecule has 1 aromatic rings. The Kier molecular flexibility index (Phi) is 3.49. The summed E-state index contributed by atoms with van der Waals surface area (Å²) >= 11 is 1.36. The molecule has 0 aromatic carbocycles. The smallest absolute Gasteiger partial charge is 0.309 e. The van der Waals surface area contributed by atoms with Crippen LogP contribution in [-0.2, 0) is 6.42 Å². The number of aromatic nitrogens is 1. The highest BCUT2D eigenvalue weighted by atomic mass is 32.1. The number of alkyl halides is 3. The Balaban J connectivity index is 2.66. The van der Waals surface area contributed by atoms with Gasteiger partial charge in [-0.2, -0.15) is 13.2 Å². The number of aryl methyl sites for hydroxylation is 1. The van der Waals surface area contributed by atoms with Crippen molar-refractivity contribution < 1.29 is 13.2 Å². The molecule has 0 fully saturated rings. The average Bonchev–Trinajstić information content (AvgIpc) is 2.45. The van der Waals surface area contributed by atoms with Gasteiger partial charge in [0.1, 0.15) is 6.04 Å².